The molecule has 0 aliphatic heterocycles. The van der Waals surface area contributed by atoms with Crippen molar-refractivity contribution in [2.45, 2.75) is 31.0 Å². The second-order valence-corrected chi connectivity index (χ2v) is 7.06. The van der Waals surface area contributed by atoms with Gasteiger partial charge >= 0.3 is 131 Å². The molecule has 0 aromatic rings. The van der Waals surface area contributed by atoms with Crippen molar-refractivity contribution in [1.82, 2.24) is 0 Å². The molecule has 1 atom stereocenters. The van der Waals surface area contributed by atoms with Crippen molar-refractivity contribution in [2.24, 2.45) is 0 Å². The molecule has 0 N–H and O–H groups in total. The quantitative estimate of drug-likeness (QED) is 0.426. The first-order valence-electron chi connectivity index (χ1n) is 5.84. The van der Waals surface area contributed by atoms with E-state index in [9.17, 15) is 0 Å². The molecule has 2 aliphatic carbocycles. The van der Waals surface area contributed by atoms with Crippen LogP contribution in [0.3, 0.4) is 0 Å². The first kappa shape index (κ1) is 14.0. The van der Waals surface area contributed by atoms with E-state index in [1.165, 1.54) is 20.9 Å². The Balaban J connectivity index is 2.41. The number of alkyl halides is 2. The fourth-order valence-corrected chi connectivity index (χ4v) is 4.48. The van der Waals surface area contributed by atoms with E-state index in [0.29, 0.717) is 4.83 Å². The molecular formula is C14H15Br2Ru. The SMILES string of the molecule is CCC1=C(C2=CC=CC2)C(C(Br)CBr)=[C]([Ru])C1. The average molecular weight is 444 g/mol. The molecule has 0 saturated heterocycles. The number of allylic oxidation sites excluding steroid dienone is 8. The molecule has 1 unspecified atom stereocenters. The van der Waals surface area contributed by atoms with Gasteiger partial charge in [-0.25, -0.2) is 0 Å². The molecule has 2 rings (SSSR count). The maximum atomic E-state index is 3.79. The molecule has 0 aromatic heterocycles. The van der Waals surface area contributed by atoms with Gasteiger partial charge in [0.15, 0.2) is 0 Å². The van der Waals surface area contributed by atoms with Gasteiger partial charge in [-0.15, -0.1) is 0 Å². The van der Waals surface area contributed by atoms with Gasteiger partial charge < -0.3 is 0 Å². The Morgan fingerprint density at radius 1 is 1.47 bits per heavy atom. The third-order valence-electron chi connectivity index (χ3n) is 3.24. The van der Waals surface area contributed by atoms with Crippen LogP contribution in [0.1, 0.15) is 26.2 Å². The molecule has 0 radical (unpaired) electrons. The van der Waals surface area contributed by atoms with Crippen LogP contribution in [-0.2, 0) is 18.3 Å². The number of hydrogen-bond acceptors (Lipinski definition) is 0. The van der Waals surface area contributed by atoms with E-state index in [-0.39, 0.29) is 0 Å². The van der Waals surface area contributed by atoms with Crippen molar-refractivity contribution in [3.8, 4) is 0 Å². The Bertz CT molecular complexity index is 441. The zero-order valence-electron chi connectivity index (χ0n) is 9.75. The van der Waals surface area contributed by atoms with E-state index in [0.717, 1.165) is 24.6 Å². The van der Waals surface area contributed by atoms with Crippen LogP contribution in [0.15, 0.2) is 44.7 Å². The summed E-state index contributed by atoms with van der Waals surface area (Å²) >= 11 is 10.2. The average Bonchev–Trinajstić information content (AvgIpc) is 2.94. The van der Waals surface area contributed by atoms with E-state index < -0.39 is 0 Å². The number of halogens is 2. The zero-order chi connectivity index (χ0) is 12.4. The summed E-state index contributed by atoms with van der Waals surface area (Å²) in [7, 11) is 0. The summed E-state index contributed by atoms with van der Waals surface area (Å²) in [5.41, 5.74) is 6.09. The summed E-state index contributed by atoms with van der Waals surface area (Å²) in [5, 5.41) is 0.962. The van der Waals surface area contributed by atoms with Crippen molar-refractivity contribution in [1.29, 1.82) is 0 Å². The van der Waals surface area contributed by atoms with Gasteiger partial charge in [-0.3, -0.25) is 0 Å². The summed E-state index contributed by atoms with van der Waals surface area (Å²) < 4.78 is 1.46. The van der Waals surface area contributed by atoms with E-state index in [1.807, 2.05) is 0 Å². The van der Waals surface area contributed by atoms with E-state index >= 15 is 0 Å². The molecule has 3 heteroatoms. The van der Waals surface area contributed by atoms with Crippen molar-refractivity contribution >= 4 is 31.9 Å². The third kappa shape index (κ3) is 2.77. The third-order valence-corrected chi connectivity index (χ3v) is 6.31. The van der Waals surface area contributed by atoms with Crippen LogP contribution in [-0.4, -0.2) is 10.2 Å². The standard InChI is InChI=1S/C14H15Br2.Ru/c1-2-10-7-8-12(13(16)9-15)14(10)11-5-3-4-6-11;/h3-5,13H,2,6-7,9H2,1H3;. The van der Waals surface area contributed by atoms with Crippen LogP contribution in [0.25, 0.3) is 0 Å². The van der Waals surface area contributed by atoms with Gasteiger partial charge in [-0.2, -0.15) is 0 Å². The molecule has 0 saturated carbocycles. The van der Waals surface area contributed by atoms with Crippen molar-refractivity contribution in [2.75, 3.05) is 5.33 Å². The molecule has 0 spiro atoms. The van der Waals surface area contributed by atoms with Gasteiger partial charge in [-0.1, -0.05) is 0 Å². The Kier molecular flexibility index (Phi) is 5.03. The summed E-state index contributed by atoms with van der Waals surface area (Å²) in [4.78, 5) is 0.416. The second-order valence-electron chi connectivity index (χ2n) is 4.26. The van der Waals surface area contributed by atoms with E-state index in [4.69, 9.17) is 0 Å². The Labute approximate surface area is 130 Å². The summed E-state index contributed by atoms with van der Waals surface area (Å²) in [5.74, 6) is 0. The molecule has 93 valence electrons. The predicted octanol–water partition coefficient (Wildman–Crippen LogP) is 4.94. The molecule has 2 aliphatic rings. The van der Waals surface area contributed by atoms with Crippen LogP contribution in [0.5, 0.6) is 0 Å². The van der Waals surface area contributed by atoms with Crippen molar-refractivity contribution in [3.05, 3.63) is 44.7 Å². The molecule has 0 nitrogen and oxygen atoms in total. The predicted molar refractivity (Wildman–Crippen MR) is 77.3 cm³/mol. The zero-order valence-corrected chi connectivity index (χ0v) is 14.7. The van der Waals surface area contributed by atoms with Crippen LogP contribution >= 0.6 is 31.9 Å². The maximum absolute atomic E-state index is 3.79. The number of hydrogen-bond donors (Lipinski definition) is 0. The summed E-state index contributed by atoms with van der Waals surface area (Å²) in [6.45, 7) is 2.26. The van der Waals surface area contributed by atoms with Crippen LogP contribution in [0.4, 0.5) is 0 Å². The monoisotopic (exact) mass is 443 g/mol. The molecule has 0 bridgehead atoms. The molecule has 0 fully saturated rings. The molecule has 17 heavy (non-hydrogen) atoms. The molecule has 0 heterocycles. The van der Waals surface area contributed by atoms with Crippen LogP contribution < -0.4 is 0 Å². The van der Waals surface area contributed by atoms with Gasteiger partial charge in [0.05, 0.1) is 0 Å². The topological polar surface area (TPSA) is 0 Å². The summed E-state index contributed by atoms with van der Waals surface area (Å²) in [6, 6.07) is 0. The summed E-state index contributed by atoms with van der Waals surface area (Å²) in [6.07, 6.45) is 10.1. The first-order chi connectivity index (χ1) is 8.19. The fourth-order valence-electron chi connectivity index (χ4n) is 2.42. The van der Waals surface area contributed by atoms with Gasteiger partial charge in [0.1, 0.15) is 0 Å². The first-order valence-corrected chi connectivity index (χ1v) is 8.75. The Morgan fingerprint density at radius 2 is 2.24 bits per heavy atom. The normalized spacial score (nSPS) is 21.5. The Morgan fingerprint density at radius 3 is 2.76 bits per heavy atom. The van der Waals surface area contributed by atoms with Gasteiger partial charge in [0.2, 0.25) is 0 Å². The number of rotatable bonds is 4. The van der Waals surface area contributed by atoms with Crippen LogP contribution in [0.2, 0.25) is 0 Å². The second kappa shape index (κ2) is 6.13. The van der Waals surface area contributed by atoms with Crippen molar-refractivity contribution in [3.63, 3.8) is 0 Å². The molecule has 0 aromatic carbocycles. The fraction of sp³-hybridized carbons (Fsp3) is 0.429. The van der Waals surface area contributed by atoms with E-state index in [2.05, 4.69) is 75.3 Å². The van der Waals surface area contributed by atoms with Crippen LogP contribution in [0, 0.1) is 0 Å². The van der Waals surface area contributed by atoms with Gasteiger partial charge in [-0.05, 0) is 0 Å². The van der Waals surface area contributed by atoms with Crippen molar-refractivity contribution < 1.29 is 18.3 Å². The molecule has 0 amide bonds. The molecular weight excluding hydrogens is 429 g/mol. The van der Waals surface area contributed by atoms with E-state index in [1.54, 1.807) is 5.57 Å². The van der Waals surface area contributed by atoms with Gasteiger partial charge in [0.25, 0.3) is 0 Å². The minimum absolute atomic E-state index is 0.416. The minimum atomic E-state index is 0.416. The Hall–Kier alpha value is 0.543. The van der Waals surface area contributed by atoms with Gasteiger partial charge in [0, 0.05) is 0 Å².